The molecule has 0 amide bonds. The van der Waals surface area contributed by atoms with E-state index in [2.05, 4.69) is 0 Å². The molecule has 0 aromatic heterocycles. The molecule has 1 aliphatic rings. The van der Waals surface area contributed by atoms with Gasteiger partial charge in [-0.15, -0.1) is 0 Å². The van der Waals surface area contributed by atoms with Crippen molar-refractivity contribution in [2.75, 3.05) is 0 Å². The Morgan fingerprint density at radius 3 is 2.92 bits per heavy atom. The minimum atomic E-state index is -0.214. The number of hydrogen-bond donors (Lipinski definition) is 1. The third-order valence-electron chi connectivity index (χ3n) is 1.92. The number of nitroso groups, excluding NO2 is 1. The zero-order valence-corrected chi connectivity index (χ0v) is 6.40. The van der Waals surface area contributed by atoms with Gasteiger partial charge in [0, 0.05) is 29.0 Å². The van der Waals surface area contributed by atoms with Crippen LogP contribution in [0.25, 0.3) is 0 Å². The first-order valence-corrected chi connectivity index (χ1v) is 3.73. The van der Waals surface area contributed by atoms with Gasteiger partial charge in [0.05, 0.1) is 0 Å². The summed E-state index contributed by atoms with van der Waals surface area (Å²) in [7, 11) is 0. The molecule has 0 unspecified atom stereocenters. The van der Waals surface area contributed by atoms with Crippen LogP contribution in [0.4, 0.5) is 5.69 Å². The van der Waals surface area contributed by atoms with Crippen molar-refractivity contribution >= 4 is 5.69 Å². The van der Waals surface area contributed by atoms with E-state index in [4.69, 9.17) is 5.11 Å². The van der Waals surface area contributed by atoms with E-state index in [0.29, 0.717) is 16.9 Å². The highest BCUT2D eigenvalue weighted by molar-refractivity contribution is 5.43. The van der Waals surface area contributed by atoms with Crippen molar-refractivity contribution in [1.82, 2.24) is 0 Å². The Labute approximate surface area is 69.5 Å². The molecule has 3 nitrogen and oxygen atoms in total. The van der Waals surface area contributed by atoms with Crippen LogP contribution >= 0.6 is 0 Å². The lowest BCUT2D eigenvalue weighted by Gasteiger charge is -2.02. The first kappa shape index (κ1) is 7.03. The summed E-state index contributed by atoms with van der Waals surface area (Å²) in [6.45, 7) is 0. The van der Waals surface area contributed by atoms with Crippen molar-refractivity contribution in [3.05, 3.63) is 46.7 Å². The number of aliphatic hydroxyl groups is 1. The van der Waals surface area contributed by atoms with Crippen molar-refractivity contribution in [2.45, 2.75) is 6.42 Å². The van der Waals surface area contributed by atoms with E-state index in [9.17, 15) is 4.91 Å². The molecular weight excluding hydrogens is 154 g/mol. The molecule has 3 heteroatoms. The average molecular weight is 162 g/mol. The van der Waals surface area contributed by atoms with Gasteiger partial charge in [0.2, 0.25) is 0 Å². The molecule has 1 aromatic carbocycles. The summed E-state index contributed by atoms with van der Waals surface area (Å²) in [5, 5.41) is 9.10. The Morgan fingerprint density at radius 1 is 1.33 bits per heavy atom. The van der Waals surface area contributed by atoms with E-state index in [1.165, 1.54) is 6.08 Å². The first-order valence-electron chi connectivity index (χ1n) is 3.73. The Bertz CT molecular complexity index is 369. The summed E-state index contributed by atoms with van der Waals surface area (Å²) < 4.78 is 0.541. The molecule has 2 rings (SSSR count). The van der Waals surface area contributed by atoms with Gasteiger partial charge < -0.3 is 5.11 Å². The third-order valence-corrected chi connectivity index (χ3v) is 1.92. The van der Waals surface area contributed by atoms with Crippen LogP contribution in [0.5, 0.6) is 0 Å². The van der Waals surface area contributed by atoms with E-state index in [0.717, 1.165) is 5.56 Å². The average Bonchev–Trinajstić information content (AvgIpc) is 2.12. The number of hydrogen-bond acceptors (Lipinski definition) is 2. The fourth-order valence-electron chi connectivity index (χ4n) is 1.29. The van der Waals surface area contributed by atoms with Crippen LogP contribution in [0.3, 0.4) is 0 Å². The van der Waals surface area contributed by atoms with Crippen molar-refractivity contribution in [3.8, 4) is 0 Å². The Hall–Kier alpha value is -1.64. The minimum Gasteiger partial charge on any atom is -0.457 e. The molecule has 0 spiro atoms. The summed E-state index contributed by atoms with van der Waals surface area (Å²) in [5.41, 5.74) is 1.49. The van der Waals surface area contributed by atoms with Crippen LogP contribution in [0.15, 0.2) is 36.2 Å². The Kier molecular flexibility index (Phi) is 1.43. The van der Waals surface area contributed by atoms with Crippen LogP contribution < -0.4 is 0 Å². The van der Waals surface area contributed by atoms with Crippen molar-refractivity contribution < 1.29 is 9.87 Å². The summed E-state index contributed by atoms with van der Waals surface area (Å²) in [5.74, 6) is -0.214. The second-order valence-electron chi connectivity index (χ2n) is 2.69. The maximum absolute atomic E-state index is 11.2. The largest absolute Gasteiger partial charge is 0.457 e. The predicted molar refractivity (Wildman–Crippen MR) is 44.1 cm³/mol. The highest BCUT2D eigenvalue weighted by Crippen LogP contribution is 2.25. The molecular formula is C9H8NO2+. The Balaban J connectivity index is 2.57. The summed E-state index contributed by atoms with van der Waals surface area (Å²) >= 11 is 0. The van der Waals surface area contributed by atoms with Crippen LogP contribution in [-0.2, 0) is 6.42 Å². The quantitative estimate of drug-likeness (QED) is 0.593. The lowest BCUT2D eigenvalue weighted by Crippen LogP contribution is -2.08. The number of fused-ring (bicyclic) bond motifs is 1. The van der Waals surface area contributed by atoms with Gasteiger partial charge in [-0.05, 0) is 0 Å². The van der Waals surface area contributed by atoms with E-state index < -0.39 is 0 Å². The van der Waals surface area contributed by atoms with Crippen LogP contribution in [-0.4, -0.2) is 9.87 Å². The molecule has 1 N–H and O–H groups in total. The number of nitrogens with zero attached hydrogens (tertiary/aromatic N) is 1. The monoisotopic (exact) mass is 162 g/mol. The lowest BCUT2D eigenvalue weighted by atomic mass is 10.1. The maximum Gasteiger partial charge on any atom is 0.416 e. The minimum absolute atomic E-state index is 0.214. The zero-order valence-electron chi connectivity index (χ0n) is 6.40. The van der Waals surface area contributed by atoms with Gasteiger partial charge in [0.25, 0.3) is 5.69 Å². The van der Waals surface area contributed by atoms with Gasteiger partial charge in [-0.1, -0.05) is 18.2 Å². The molecule has 1 aliphatic heterocycles. The van der Waals surface area contributed by atoms with Crippen molar-refractivity contribution in [3.63, 3.8) is 0 Å². The SMILES string of the molecule is O=[N+]1C(O)=CCc2ccccc21. The molecule has 12 heavy (non-hydrogen) atoms. The number of para-hydroxylation sites is 1. The third kappa shape index (κ3) is 0.906. The van der Waals surface area contributed by atoms with Crippen molar-refractivity contribution in [2.24, 2.45) is 0 Å². The molecule has 0 fully saturated rings. The first-order chi connectivity index (χ1) is 5.79. The van der Waals surface area contributed by atoms with Crippen LogP contribution in [0.1, 0.15) is 5.56 Å². The molecule has 0 saturated heterocycles. The van der Waals surface area contributed by atoms with Crippen molar-refractivity contribution in [1.29, 1.82) is 0 Å². The van der Waals surface area contributed by atoms with E-state index >= 15 is 0 Å². The molecule has 0 bridgehead atoms. The van der Waals surface area contributed by atoms with E-state index in [1.54, 1.807) is 12.1 Å². The molecule has 60 valence electrons. The van der Waals surface area contributed by atoms with Crippen LogP contribution in [0.2, 0.25) is 0 Å². The highest BCUT2D eigenvalue weighted by atomic mass is 16.4. The lowest BCUT2D eigenvalue weighted by molar-refractivity contribution is -0.445. The fraction of sp³-hybridized carbons (Fsp3) is 0.111. The highest BCUT2D eigenvalue weighted by Gasteiger charge is 2.27. The zero-order chi connectivity index (χ0) is 8.55. The summed E-state index contributed by atoms with van der Waals surface area (Å²) in [6, 6.07) is 7.24. The normalized spacial score (nSPS) is 15.3. The molecule has 1 aromatic rings. The second-order valence-corrected chi connectivity index (χ2v) is 2.69. The fourth-order valence-corrected chi connectivity index (χ4v) is 1.29. The topological polar surface area (TPSA) is 40.3 Å². The second kappa shape index (κ2) is 2.44. The van der Waals surface area contributed by atoms with Gasteiger partial charge in [-0.25, -0.2) is 0 Å². The summed E-state index contributed by atoms with van der Waals surface area (Å²) in [4.78, 5) is 11.2. The maximum atomic E-state index is 11.2. The molecule has 1 heterocycles. The van der Waals surface area contributed by atoms with Crippen LogP contribution in [0, 0.1) is 4.91 Å². The standard InChI is InChI=1S/C9H7NO2/c11-9-6-5-7-3-1-2-4-8(7)10(9)12/h1-4,6H,5H2/p+1. The molecule has 0 aliphatic carbocycles. The van der Waals surface area contributed by atoms with Gasteiger partial charge in [-0.3, -0.25) is 0 Å². The Morgan fingerprint density at radius 2 is 2.08 bits per heavy atom. The smallest absolute Gasteiger partial charge is 0.416 e. The summed E-state index contributed by atoms with van der Waals surface area (Å²) in [6.07, 6.45) is 2.13. The molecule has 0 atom stereocenters. The number of allylic oxidation sites excluding steroid dienone is 1. The van der Waals surface area contributed by atoms with E-state index in [-0.39, 0.29) is 5.88 Å². The molecule has 0 saturated carbocycles. The predicted octanol–water partition coefficient (Wildman–Crippen LogP) is 2.05. The van der Waals surface area contributed by atoms with Gasteiger partial charge in [0.15, 0.2) is 0 Å². The van der Waals surface area contributed by atoms with Gasteiger partial charge in [0.1, 0.15) is 4.76 Å². The van der Waals surface area contributed by atoms with Gasteiger partial charge in [-0.2, -0.15) is 0 Å². The number of rotatable bonds is 0. The number of aliphatic hydroxyl groups excluding tert-OH is 1. The molecule has 0 radical (unpaired) electrons. The van der Waals surface area contributed by atoms with E-state index in [1.807, 2.05) is 12.1 Å². The van der Waals surface area contributed by atoms with Gasteiger partial charge >= 0.3 is 5.88 Å². The number of benzene rings is 1.